The van der Waals surface area contributed by atoms with Crippen molar-refractivity contribution in [3.63, 3.8) is 0 Å². The van der Waals surface area contributed by atoms with Crippen LogP contribution in [-0.4, -0.2) is 48.6 Å². The maximum Gasteiger partial charge on any atom is 0.254 e. The van der Waals surface area contributed by atoms with Gasteiger partial charge in [-0.3, -0.25) is 4.79 Å². The third kappa shape index (κ3) is 4.42. The number of halogens is 2. The number of carbonyl (C=O) groups excluding carboxylic acids is 1. The van der Waals surface area contributed by atoms with E-state index in [0.717, 1.165) is 40.9 Å². The number of hydrogen-bond donors (Lipinski definition) is 1. The highest BCUT2D eigenvalue weighted by atomic mass is 35.5. The minimum Gasteiger partial charge on any atom is -0.486 e. The number of carbonyl (C=O) groups is 1. The van der Waals surface area contributed by atoms with Gasteiger partial charge in [0.05, 0.1) is 16.8 Å². The molecule has 1 amide bonds. The maximum absolute atomic E-state index is 13.4. The van der Waals surface area contributed by atoms with Gasteiger partial charge in [0.15, 0.2) is 11.5 Å². The van der Waals surface area contributed by atoms with E-state index in [1.807, 2.05) is 53.4 Å². The van der Waals surface area contributed by atoms with Gasteiger partial charge in [-0.05, 0) is 49.2 Å². The van der Waals surface area contributed by atoms with Gasteiger partial charge >= 0.3 is 0 Å². The van der Waals surface area contributed by atoms with Gasteiger partial charge in [-0.1, -0.05) is 18.2 Å². The van der Waals surface area contributed by atoms with E-state index in [0.29, 0.717) is 43.5 Å². The van der Waals surface area contributed by atoms with Crippen molar-refractivity contribution in [1.29, 1.82) is 0 Å². The summed E-state index contributed by atoms with van der Waals surface area (Å²) in [5.74, 6) is 1.87. The first-order valence-corrected chi connectivity index (χ1v) is 10.0. The minimum atomic E-state index is 0. The van der Waals surface area contributed by atoms with E-state index in [-0.39, 0.29) is 30.7 Å². The van der Waals surface area contributed by atoms with Crippen molar-refractivity contribution in [3.05, 3.63) is 54.1 Å². The molecular weight excluding hydrogens is 437 g/mol. The Morgan fingerprint density at radius 3 is 2.61 bits per heavy atom. The number of aromatic nitrogens is 1. The molecule has 0 saturated carbocycles. The second kappa shape index (κ2) is 9.73. The van der Waals surface area contributed by atoms with Crippen LogP contribution in [0.2, 0.25) is 0 Å². The number of fused-ring (bicyclic) bond motifs is 2. The van der Waals surface area contributed by atoms with Crippen LogP contribution >= 0.6 is 24.8 Å². The van der Waals surface area contributed by atoms with Gasteiger partial charge < -0.3 is 20.1 Å². The Morgan fingerprint density at radius 2 is 1.84 bits per heavy atom. The van der Waals surface area contributed by atoms with Gasteiger partial charge in [-0.25, -0.2) is 4.98 Å². The van der Waals surface area contributed by atoms with Crippen LogP contribution in [0.15, 0.2) is 48.5 Å². The van der Waals surface area contributed by atoms with Gasteiger partial charge in [-0.15, -0.1) is 24.8 Å². The molecule has 0 radical (unpaired) electrons. The Kier molecular flexibility index (Phi) is 7.26. The molecule has 5 rings (SSSR count). The molecule has 3 heterocycles. The number of nitrogens with zero attached hydrogens (tertiary/aromatic N) is 2. The zero-order valence-electron chi connectivity index (χ0n) is 17.0. The molecule has 6 nitrogen and oxygen atoms in total. The van der Waals surface area contributed by atoms with Crippen LogP contribution in [-0.2, 0) is 0 Å². The zero-order chi connectivity index (χ0) is 19.8. The van der Waals surface area contributed by atoms with Crippen LogP contribution < -0.4 is 15.2 Å². The first-order chi connectivity index (χ1) is 14.2. The molecule has 0 aliphatic carbocycles. The molecule has 31 heavy (non-hydrogen) atoms. The molecule has 2 N–H and O–H groups in total. The Hall–Kier alpha value is -2.54. The zero-order valence-corrected chi connectivity index (χ0v) is 18.6. The third-order valence-electron chi connectivity index (χ3n) is 5.69. The summed E-state index contributed by atoms with van der Waals surface area (Å²) >= 11 is 0. The number of pyridine rings is 1. The molecule has 8 heteroatoms. The molecular formula is C23H25Cl2N3O3. The number of ether oxygens (including phenoxy) is 2. The van der Waals surface area contributed by atoms with Crippen LogP contribution in [0.4, 0.5) is 0 Å². The van der Waals surface area contributed by atoms with Crippen LogP contribution in [0, 0.1) is 5.92 Å². The van der Waals surface area contributed by atoms with Gasteiger partial charge in [0, 0.05) is 24.0 Å². The van der Waals surface area contributed by atoms with E-state index >= 15 is 0 Å². The molecule has 1 atom stereocenters. The van der Waals surface area contributed by atoms with Crippen molar-refractivity contribution >= 4 is 41.6 Å². The summed E-state index contributed by atoms with van der Waals surface area (Å²) in [6.45, 7) is 3.16. The third-order valence-corrected chi connectivity index (χ3v) is 5.69. The quantitative estimate of drug-likeness (QED) is 0.638. The van der Waals surface area contributed by atoms with Gasteiger partial charge in [-0.2, -0.15) is 0 Å². The number of benzene rings is 2. The lowest BCUT2D eigenvalue weighted by Gasteiger charge is -2.20. The summed E-state index contributed by atoms with van der Waals surface area (Å²) < 4.78 is 11.3. The van der Waals surface area contributed by atoms with Crippen LogP contribution in [0.1, 0.15) is 16.8 Å². The highest BCUT2D eigenvalue weighted by molar-refractivity contribution is 6.07. The lowest BCUT2D eigenvalue weighted by Crippen LogP contribution is -2.30. The normalized spacial score (nSPS) is 17.1. The first-order valence-electron chi connectivity index (χ1n) is 10.0. The minimum absolute atomic E-state index is 0. The predicted molar refractivity (Wildman–Crippen MR) is 126 cm³/mol. The molecule has 2 aromatic carbocycles. The number of amides is 1. The Bertz CT molecular complexity index is 1090. The van der Waals surface area contributed by atoms with Crippen molar-refractivity contribution in [2.75, 3.05) is 32.8 Å². The lowest BCUT2D eigenvalue weighted by atomic mass is 10.0. The molecule has 1 aromatic heterocycles. The number of rotatable bonds is 3. The molecule has 1 unspecified atom stereocenters. The van der Waals surface area contributed by atoms with E-state index in [4.69, 9.17) is 20.2 Å². The summed E-state index contributed by atoms with van der Waals surface area (Å²) in [7, 11) is 0. The summed E-state index contributed by atoms with van der Waals surface area (Å²) in [6.07, 6.45) is 0.959. The second-order valence-corrected chi connectivity index (χ2v) is 7.57. The highest BCUT2D eigenvalue weighted by Gasteiger charge is 2.27. The van der Waals surface area contributed by atoms with Crippen molar-refractivity contribution in [3.8, 4) is 22.8 Å². The van der Waals surface area contributed by atoms with E-state index in [1.165, 1.54) is 0 Å². The summed E-state index contributed by atoms with van der Waals surface area (Å²) in [6, 6.07) is 15.5. The fraction of sp³-hybridized carbons (Fsp3) is 0.304. The fourth-order valence-electron chi connectivity index (χ4n) is 4.08. The molecule has 0 bridgehead atoms. The molecule has 1 saturated heterocycles. The number of nitrogens with two attached hydrogens (primary N) is 1. The standard InChI is InChI=1S/C23H23N3O3.2ClH/c24-13-15-7-8-26(14-15)23(27)18-12-20(25-19-4-2-1-3-17(18)19)16-5-6-21-22(11-16)29-10-9-28-21;;/h1-6,11-12,15H,7-10,13-14,24H2;2*1H. The Balaban J connectivity index is 0.00000136. The smallest absolute Gasteiger partial charge is 0.254 e. The number of hydrogen-bond acceptors (Lipinski definition) is 5. The van der Waals surface area contributed by atoms with Gasteiger partial charge in [0.25, 0.3) is 5.91 Å². The summed E-state index contributed by atoms with van der Waals surface area (Å²) in [5, 5.41) is 0.870. The largest absolute Gasteiger partial charge is 0.486 e. The van der Waals surface area contributed by atoms with Crippen molar-refractivity contribution < 1.29 is 14.3 Å². The molecule has 1 fully saturated rings. The van der Waals surface area contributed by atoms with Crippen molar-refractivity contribution in [2.24, 2.45) is 11.7 Å². The molecule has 0 spiro atoms. The molecule has 3 aromatic rings. The SMILES string of the molecule is Cl.Cl.NCC1CCN(C(=O)c2cc(-c3ccc4c(c3)OCCO4)nc3ccccc23)C1. The Morgan fingerprint density at radius 1 is 1.06 bits per heavy atom. The molecule has 2 aliphatic rings. The van der Waals surface area contributed by atoms with Gasteiger partial charge in [0.1, 0.15) is 13.2 Å². The fourth-order valence-corrected chi connectivity index (χ4v) is 4.08. The monoisotopic (exact) mass is 461 g/mol. The average Bonchev–Trinajstić information content (AvgIpc) is 3.27. The van der Waals surface area contributed by atoms with Gasteiger partial charge in [0.2, 0.25) is 0 Å². The van der Waals surface area contributed by atoms with E-state index in [2.05, 4.69) is 0 Å². The summed E-state index contributed by atoms with van der Waals surface area (Å²) in [4.78, 5) is 20.1. The highest BCUT2D eigenvalue weighted by Crippen LogP contribution is 2.35. The molecule has 164 valence electrons. The van der Waals surface area contributed by atoms with Crippen molar-refractivity contribution in [1.82, 2.24) is 9.88 Å². The topological polar surface area (TPSA) is 77.7 Å². The lowest BCUT2D eigenvalue weighted by molar-refractivity contribution is 0.0789. The maximum atomic E-state index is 13.4. The molecule has 2 aliphatic heterocycles. The van der Waals surface area contributed by atoms with E-state index in [9.17, 15) is 4.79 Å². The summed E-state index contributed by atoms with van der Waals surface area (Å²) in [5.41, 5.74) is 8.94. The van der Waals surface area contributed by atoms with Crippen molar-refractivity contribution in [2.45, 2.75) is 6.42 Å². The van der Waals surface area contributed by atoms with Crippen LogP contribution in [0.3, 0.4) is 0 Å². The van der Waals surface area contributed by atoms with Crippen LogP contribution in [0.5, 0.6) is 11.5 Å². The van der Waals surface area contributed by atoms with E-state index in [1.54, 1.807) is 0 Å². The van der Waals surface area contributed by atoms with Crippen LogP contribution in [0.25, 0.3) is 22.2 Å². The van der Waals surface area contributed by atoms with E-state index < -0.39 is 0 Å². The average molecular weight is 462 g/mol. The Labute approximate surface area is 193 Å². The predicted octanol–water partition coefficient (Wildman–Crippen LogP) is 3.94. The number of likely N-dealkylation sites (tertiary alicyclic amines) is 1. The first kappa shape index (κ1) is 23.1. The number of para-hydroxylation sites is 1. The second-order valence-electron chi connectivity index (χ2n) is 7.57.